The molecule has 0 aliphatic carbocycles. The summed E-state index contributed by atoms with van der Waals surface area (Å²) in [7, 11) is 1.67. The molecule has 22 heavy (non-hydrogen) atoms. The topological polar surface area (TPSA) is 21.1 Å². The SMILES string of the molecule is ISn1ccc2c3c(cnc21)CN(Cc1ccccc1)CC3. The van der Waals surface area contributed by atoms with Crippen molar-refractivity contribution < 1.29 is 0 Å². The molecule has 0 bridgehead atoms. The summed E-state index contributed by atoms with van der Waals surface area (Å²) in [5.41, 5.74) is 5.34. The van der Waals surface area contributed by atoms with Crippen LogP contribution in [0.2, 0.25) is 0 Å². The maximum Gasteiger partial charge on any atom is 0.150 e. The lowest BCUT2D eigenvalue weighted by Gasteiger charge is -2.29. The molecule has 3 heterocycles. The molecule has 4 rings (SSSR count). The maximum absolute atomic E-state index is 4.68. The Bertz CT molecular complexity index is 800. The Morgan fingerprint density at radius 3 is 2.86 bits per heavy atom. The first-order chi connectivity index (χ1) is 10.8. The van der Waals surface area contributed by atoms with E-state index in [0.29, 0.717) is 0 Å². The van der Waals surface area contributed by atoms with E-state index < -0.39 is 0 Å². The summed E-state index contributed by atoms with van der Waals surface area (Å²) in [4.78, 5) is 7.19. The normalized spacial score (nSPS) is 15.1. The van der Waals surface area contributed by atoms with Gasteiger partial charge in [0.15, 0.2) is 5.65 Å². The number of hydrogen-bond donors (Lipinski definition) is 0. The molecule has 5 heteroatoms. The van der Waals surface area contributed by atoms with Gasteiger partial charge in [0.05, 0.1) is 0 Å². The van der Waals surface area contributed by atoms with Crippen molar-refractivity contribution in [3.8, 4) is 0 Å². The zero-order valence-electron chi connectivity index (χ0n) is 12.1. The van der Waals surface area contributed by atoms with Gasteiger partial charge in [0, 0.05) is 67.7 Å². The van der Waals surface area contributed by atoms with E-state index in [9.17, 15) is 0 Å². The molecule has 2 aromatic heterocycles. The van der Waals surface area contributed by atoms with Crippen LogP contribution in [0, 0.1) is 0 Å². The van der Waals surface area contributed by atoms with Gasteiger partial charge in [-0.1, -0.05) is 30.3 Å². The van der Waals surface area contributed by atoms with E-state index in [4.69, 9.17) is 0 Å². The third-order valence-corrected chi connectivity index (χ3v) is 5.99. The van der Waals surface area contributed by atoms with Crippen molar-refractivity contribution in [2.75, 3.05) is 6.54 Å². The van der Waals surface area contributed by atoms with Crippen LogP contribution in [0.3, 0.4) is 0 Å². The van der Waals surface area contributed by atoms with E-state index in [2.05, 4.69) is 83.9 Å². The molecule has 0 unspecified atom stereocenters. The number of fused-ring (bicyclic) bond motifs is 3. The van der Waals surface area contributed by atoms with Gasteiger partial charge in [-0.3, -0.25) is 8.87 Å². The first-order valence-corrected chi connectivity index (χ1v) is 10.7. The zero-order chi connectivity index (χ0) is 14.9. The minimum atomic E-state index is 0.996. The van der Waals surface area contributed by atoms with Gasteiger partial charge in [-0.2, -0.15) is 0 Å². The quantitative estimate of drug-likeness (QED) is 0.584. The third-order valence-electron chi connectivity index (χ3n) is 4.28. The fourth-order valence-corrected chi connectivity index (χ4v) is 4.48. The Morgan fingerprint density at radius 1 is 1.18 bits per heavy atom. The summed E-state index contributed by atoms with van der Waals surface area (Å²) >= 11 is 2.30. The Hall–Kier alpha value is -1.05. The Labute approximate surface area is 146 Å². The van der Waals surface area contributed by atoms with Crippen LogP contribution in [-0.2, 0) is 19.5 Å². The molecular formula is C17H16IN3S. The highest BCUT2D eigenvalue weighted by Gasteiger charge is 2.20. The van der Waals surface area contributed by atoms with Crippen LogP contribution >= 0.6 is 30.3 Å². The molecule has 112 valence electrons. The molecule has 1 aliphatic heterocycles. The highest BCUT2D eigenvalue weighted by Crippen LogP contribution is 2.30. The molecule has 0 saturated carbocycles. The van der Waals surface area contributed by atoms with Crippen LogP contribution in [-0.4, -0.2) is 20.4 Å². The van der Waals surface area contributed by atoms with Gasteiger partial charge in [0.1, 0.15) is 0 Å². The minimum absolute atomic E-state index is 0.996. The van der Waals surface area contributed by atoms with Crippen molar-refractivity contribution in [3.63, 3.8) is 0 Å². The molecule has 0 fully saturated rings. The molecule has 0 N–H and O–H groups in total. The van der Waals surface area contributed by atoms with Gasteiger partial charge in [-0.15, -0.1) is 0 Å². The Morgan fingerprint density at radius 2 is 2.05 bits per heavy atom. The molecule has 3 aromatic rings. The first kappa shape index (κ1) is 14.5. The van der Waals surface area contributed by atoms with E-state index in [1.54, 1.807) is 9.12 Å². The highest BCUT2D eigenvalue weighted by atomic mass is 127. The second-order valence-electron chi connectivity index (χ2n) is 5.66. The summed E-state index contributed by atoms with van der Waals surface area (Å²) in [6.07, 6.45) is 5.29. The number of benzene rings is 1. The van der Waals surface area contributed by atoms with Crippen molar-refractivity contribution in [1.82, 2.24) is 13.9 Å². The minimum Gasteiger partial charge on any atom is -0.294 e. The summed E-state index contributed by atoms with van der Waals surface area (Å²) in [5, 5.41) is 1.32. The molecule has 1 aromatic carbocycles. The second-order valence-corrected chi connectivity index (χ2v) is 7.37. The Kier molecular flexibility index (Phi) is 4.11. The van der Waals surface area contributed by atoms with Crippen LogP contribution < -0.4 is 0 Å². The van der Waals surface area contributed by atoms with E-state index in [1.165, 1.54) is 22.1 Å². The molecule has 1 aliphatic rings. The van der Waals surface area contributed by atoms with Crippen LogP contribution in [0.5, 0.6) is 0 Å². The lowest BCUT2D eigenvalue weighted by Crippen LogP contribution is -2.30. The van der Waals surface area contributed by atoms with Crippen molar-refractivity contribution in [2.24, 2.45) is 0 Å². The predicted octanol–water partition coefficient (Wildman–Crippen LogP) is 4.44. The predicted molar refractivity (Wildman–Crippen MR) is 101 cm³/mol. The fraction of sp³-hybridized carbons (Fsp3) is 0.235. The maximum atomic E-state index is 4.68. The number of nitrogens with zero attached hydrogens (tertiary/aromatic N) is 3. The molecule has 0 amide bonds. The van der Waals surface area contributed by atoms with Crippen molar-refractivity contribution >= 4 is 41.4 Å². The number of hydrogen-bond acceptors (Lipinski definition) is 3. The van der Waals surface area contributed by atoms with Gasteiger partial charge in [0.25, 0.3) is 0 Å². The zero-order valence-corrected chi connectivity index (χ0v) is 15.0. The number of halogens is 1. The van der Waals surface area contributed by atoms with Crippen molar-refractivity contribution in [1.29, 1.82) is 0 Å². The van der Waals surface area contributed by atoms with Gasteiger partial charge in [-0.05, 0) is 29.2 Å². The second kappa shape index (κ2) is 6.22. The smallest absolute Gasteiger partial charge is 0.150 e. The van der Waals surface area contributed by atoms with Gasteiger partial charge in [0.2, 0.25) is 0 Å². The van der Waals surface area contributed by atoms with E-state index in [-0.39, 0.29) is 0 Å². The van der Waals surface area contributed by atoms with Gasteiger partial charge < -0.3 is 0 Å². The molecule has 0 radical (unpaired) electrons. The Balaban J connectivity index is 1.61. The standard InChI is InChI=1S/C17H16IN3S/c18-22-21-9-7-16-15-6-8-20(11-13-4-2-1-3-5-13)12-14(15)10-19-17(16)21/h1-5,7,9-10H,6,8,11-12H2. The number of pyridine rings is 1. The van der Waals surface area contributed by atoms with Crippen molar-refractivity contribution in [2.45, 2.75) is 19.5 Å². The fourth-order valence-electron chi connectivity index (χ4n) is 3.21. The van der Waals surface area contributed by atoms with E-state index >= 15 is 0 Å². The largest absolute Gasteiger partial charge is 0.294 e. The van der Waals surface area contributed by atoms with Crippen LogP contribution in [0.15, 0.2) is 48.8 Å². The third kappa shape index (κ3) is 2.66. The van der Waals surface area contributed by atoms with Crippen molar-refractivity contribution in [3.05, 3.63) is 65.5 Å². The van der Waals surface area contributed by atoms with Gasteiger partial charge >= 0.3 is 0 Å². The number of rotatable bonds is 3. The summed E-state index contributed by atoms with van der Waals surface area (Å²) in [5.74, 6) is 0. The average molecular weight is 421 g/mol. The summed E-state index contributed by atoms with van der Waals surface area (Å²) in [6.45, 7) is 3.13. The van der Waals surface area contributed by atoms with Crippen LogP contribution in [0.1, 0.15) is 16.7 Å². The van der Waals surface area contributed by atoms with E-state index in [1.807, 2.05) is 0 Å². The van der Waals surface area contributed by atoms with Crippen LogP contribution in [0.25, 0.3) is 11.0 Å². The molecule has 0 atom stereocenters. The van der Waals surface area contributed by atoms with Crippen LogP contribution in [0.4, 0.5) is 0 Å². The van der Waals surface area contributed by atoms with E-state index in [0.717, 1.165) is 31.7 Å². The number of aromatic nitrogens is 2. The molecular weight excluding hydrogens is 405 g/mol. The first-order valence-electron chi connectivity index (χ1n) is 7.38. The highest BCUT2D eigenvalue weighted by molar-refractivity contribution is 14.2. The molecule has 0 spiro atoms. The summed E-state index contributed by atoms with van der Waals surface area (Å²) in [6, 6.07) is 12.9. The lowest BCUT2D eigenvalue weighted by molar-refractivity contribution is 0.246. The lowest BCUT2D eigenvalue weighted by atomic mass is 9.98. The summed E-state index contributed by atoms with van der Waals surface area (Å²) < 4.78 is 2.13. The molecule has 3 nitrogen and oxygen atoms in total. The van der Waals surface area contributed by atoms with Gasteiger partial charge in [-0.25, -0.2) is 4.98 Å². The average Bonchev–Trinajstić information content (AvgIpc) is 2.99. The molecule has 0 saturated heterocycles. The monoisotopic (exact) mass is 421 g/mol.